The summed E-state index contributed by atoms with van der Waals surface area (Å²) in [6.45, 7) is 8.50. The van der Waals surface area contributed by atoms with Gasteiger partial charge in [0.25, 0.3) is 0 Å². The molecule has 0 spiro atoms. The fraction of sp³-hybridized carbons (Fsp3) is 0.538. The second-order valence-electron chi connectivity index (χ2n) is 4.26. The Bertz CT molecular complexity index is 401. The summed E-state index contributed by atoms with van der Waals surface area (Å²) in [6.07, 6.45) is 2.51. The minimum Gasteiger partial charge on any atom is -0.360 e. The van der Waals surface area contributed by atoms with E-state index in [1.165, 1.54) is 0 Å². The summed E-state index contributed by atoms with van der Waals surface area (Å²) in [6, 6.07) is 1.70. The molecule has 1 rings (SSSR count). The van der Waals surface area contributed by atoms with Crippen LogP contribution in [0.5, 0.6) is 0 Å². The average molecular weight is 251 g/mol. The number of rotatable bonds is 7. The van der Waals surface area contributed by atoms with Gasteiger partial charge in [0.1, 0.15) is 0 Å². The molecule has 1 aromatic rings. The van der Waals surface area contributed by atoms with E-state index in [0.29, 0.717) is 13.1 Å². The van der Waals surface area contributed by atoms with Crippen molar-refractivity contribution in [3.8, 4) is 0 Å². The zero-order valence-corrected chi connectivity index (χ0v) is 11.3. The first-order valence-electron chi connectivity index (χ1n) is 6.11. The number of aryl methyl sites for hydroxylation is 1. The smallest absolute Gasteiger partial charge is 0.237 e. The van der Waals surface area contributed by atoms with Crippen LogP contribution in [0, 0.1) is 0 Å². The third kappa shape index (κ3) is 4.00. The maximum absolute atomic E-state index is 11.7. The lowest BCUT2D eigenvalue weighted by Gasteiger charge is -2.22. The van der Waals surface area contributed by atoms with Gasteiger partial charge < -0.3 is 9.84 Å². The highest BCUT2D eigenvalue weighted by molar-refractivity contribution is 5.81. The fourth-order valence-electron chi connectivity index (χ4n) is 1.50. The summed E-state index contributed by atoms with van der Waals surface area (Å²) in [5.74, 6) is 0.755. The van der Waals surface area contributed by atoms with Gasteiger partial charge >= 0.3 is 0 Å². The normalized spacial score (nSPS) is 12.4. The van der Waals surface area contributed by atoms with Crippen molar-refractivity contribution >= 4 is 5.91 Å². The minimum atomic E-state index is -0.222. The molecule has 0 radical (unpaired) electrons. The number of nitrogens with one attached hydrogen (secondary N) is 1. The van der Waals surface area contributed by atoms with Crippen molar-refractivity contribution < 1.29 is 9.32 Å². The van der Waals surface area contributed by atoms with E-state index in [0.717, 1.165) is 17.9 Å². The molecule has 0 saturated carbocycles. The van der Waals surface area contributed by atoms with Crippen LogP contribution >= 0.6 is 0 Å². The highest BCUT2D eigenvalue weighted by atomic mass is 16.5. The van der Waals surface area contributed by atoms with Crippen molar-refractivity contribution in [1.29, 1.82) is 0 Å². The van der Waals surface area contributed by atoms with E-state index in [9.17, 15) is 4.79 Å². The lowest BCUT2D eigenvalue weighted by molar-refractivity contribution is -0.125. The van der Waals surface area contributed by atoms with Crippen LogP contribution in [0.4, 0.5) is 0 Å². The zero-order chi connectivity index (χ0) is 13.5. The molecule has 0 aliphatic rings. The summed E-state index contributed by atoms with van der Waals surface area (Å²) in [7, 11) is 1.88. The van der Waals surface area contributed by atoms with E-state index in [1.54, 1.807) is 6.08 Å². The highest BCUT2D eigenvalue weighted by Crippen LogP contribution is 2.09. The van der Waals surface area contributed by atoms with Gasteiger partial charge in [-0.2, -0.15) is 0 Å². The number of amides is 1. The predicted octanol–water partition coefficient (Wildman–Crippen LogP) is 1.36. The molecule has 1 heterocycles. The van der Waals surface area contributed by atoms with E-state index in [2.05, 4.69) is 17.1 Å². The summed E-state index contributed by atoms with van der Waals surface area (Å²) in [5.41, 5.74) is 0.933. The van der Waals surface area contributed by atoms with E-state index in [1.807, 2.05) is 31.9 Å². The number of hydrogen-bond donors (Lipinski definition) is 1. The zero-order valence-electron chi connectivity index (χ0n) is 11.3. The van der Waals surface area contributed by atoms with Gasteiger partial charge in [-0.15, -0.1) is 6.58 Å². The Kier molecular flexibility index (Phi) is 5.58. The van der Waals surface area contributed by atoms with Crippen LogP contribution in [0.3, 0.4) is 0 Å². The van der Waals surface area contributed by atoms with E-state index in [-0.39, 0.29) is 11.9 Å². The predicted molar refractivity (Wildman–Crippen MR) is 70.0 cm³/mol. The molecule has 0 aromatic carbocycles. The molecule has 1 unspecified atom stereocenters. The van der Waals surface area contributed by atoms with Crippen LogP contribution in [0.25, 0.3) is 0 Å². The molecule has 18 heavy (non-hydrogen) atoms. The van der Waals surface area contributed by atoms with Crippen LogP contribution in [0.15, 0.2) is 23.2 Å². The first-order valence-corrected chi connectivity index (χ1v) is 6.11. The Balaban J connectivity index is 2.50. The number of carbonyl (C=O) groups is 1. The summed E-state index contributed by atoms with van der Waals surface area (Å²) in [5, 5.41) is 6.70. The summed E-state index contributed by atoms with van der Waals surface area (Å²) >= 11 is 0. The van der Waals surface area contributed by atoms with Crippen LogP contribution in [-0.2, 0) is 17.8 Å². The van der Waals surface area contributed by atoms with Crippen molar-refractivity contribution in [3.05, 3.63) is 30.2 Å². The average Bonchev–Trinajstić information content (AvgIpc) is 2.82. The highest BCUT2D eigenvalue weighted by Gasteiger charge is 2.18. The Labute approximate surface area is 108 Å². The van der Waals surface area contributed by atoms with Crippen LogP contribution in [0.1, 0.15) is 25.3 Å². The SMILES string of the molecule is C=CCNC(=O)C(C)N(C)Cc1cc(CC)no1. The number of nitrogens with zero attached hydrogens (tertiary/aromatic N) is 2. The Morgan fingerprint density at radius 1 is 1.72 bits per heavy atom. The van der Waals surface area contributed by atoms with Gasteiger partial charge in [0.05, 0.1) is 18.3 Å². The Hall–Kier alpha value is -1.62. The number of hydrogen-bond acceptors (Lipinski definition) is 4. The quantitative estimate of drug-likeness (QED) is 0.743. The minimum absolute atomic E-state index is 0.0207. The lowest BCUT2D eigenvalue weighted by atomic mass is 10.2. The second kappa shape index (κ2) is 6.96. The molecule has 1 N–H and O–H groups in total. The van der Waals surface area contributed by atoms with Gasteiger partial charge in [0.2, 0.25) is 5.91 Å². The van der Waals surface area contributed by atoms with E-state index < -0.39 is 0 Å². The van der Waals surface area contributed by atoms with Gasteiger partial charge in [0.15, 0.2) is 5.76 Å². The second-order valence-corrected chi connectivity index (χ2v) is 4.26. The monoisotopic (exact) mass is 251 g/mol. The standard InChI is InChI=1S/C13H21N3O2/c1-5-7-14-13(17)10(3)16(4)9-12-8-11(6-2)15-18-12/h5,8,10H,1,6-7,9H2,2-4H3,(H,14,17). The first-order chi connectivity index (χ1) is 8.58. The number of aromatic nitrogens is 1. The number of likely N-dealkylation sites (N-methyl/N-ethyl adjacent to an activating group) is 1. The topological polar surface area (TPSA) is 58.4 Å². The molecular formula is C13H21N3O2. The number of carbonyl (C=O) groups excluding carboxylic acids is 1. The molecule has 5 nitrogen and oxygen atoms in total. The molecule has 5 heteroatoms. The van der Waals surface area contributed by atoms with Crippen LogP contribution < -0.4 is 5.32 Å². The van der Waals surface area contributed by atoms with E-state index in [4.69, 9.17) is 4.52 Å². The van der Waals surface area contributed by atoms with Crippen LogP contribution in [-0.4, -0.2) is 35.6 Å². The summed E-state index contributed by atoms with van der Waals surface area (Å²) < 4.78 is 5.20. The van der Waals surface area contributed by atoms with Gasteiger partial charge in [-0.1, -0.05) is 18.2 Å². The van der Waals surface area contributed by atoms with Gasteiger partial charge in [0, 0.05) is 12.6 Å². The van der Waals surface area contributed by atoms with Crippen molar-refractivity contribution in [3.63, 3.8) is 0 Å². The molecule has 1 aromatic heterocycles. The molecule has 0 saturated heterocycles. The maximum Gasteiger partial charge on any atom is 0.237 e. The molecular weight excluding hydrogens is 230 g/mol. The van der Waals surface area contributed by atoms with E-state index >= 15 is 0 Å². The van der Waals surface area contributed by atoms with Crippen molar-refractivity contribution in [2.24, 2.45) is 0 Å². The molecule has 0 aliphatic heterocycles. The lowest BCUT2D eigenvalue weighted by Crippen LogP contribution is -2.42. The van der Waals surface area contributed by atoms with Gasteiger partial charge in [-0.25, -0.2) is 0 Å². The first kappa shape index (κ1) is 14.4. The molecule has 0 fully saturated rings. The van der Waals surface area contributed by atoms with Gasteiger partial charge in [-0.05, 0) is 20.4 Å². The van der Waals surface area contributed by atoms with Gasteiger partial charge in [-0.3, -0.25) is 9.69 Å². The van der Waals surface area contributed by atoms with Crippen LogP contribution in [0.2, 0.25) is 0 Å². The largest absolute Gasteiger partial charge is 0.360 e. The molecule has 0 aliphatic carbocycles. The Morgan fingerprint density at radius 3 is 3.00 bits per heavy atom. The molecule has 0 bridgehead atoms. The van der Waals surface area contributed by atoms with Crippen molar-refractivity contribution in [1.82, 2.24) is 15.4 Å². The third-order valence-electron chi connectivity index (χ3n) is 2.84. The van der Waals surface area contributed by atoms with Crippen molar-refractivity contribution in [2.75, 3.05) is 13.6 Å². The fourth-order valence-corrected chi connectivity index (χ4v) is 1.50. The molecule has 1 atom stereocenters. The van der Waals surface area contributed by atoms with Crippen molar-refractivity contribution in [2.45, 2.75) is 32.9 Å². The maximum atomic E-state index is 11.7. The Morgan fingerprint density at radius 2 is 2.44 bits per heavy atom. The third-order valence-corrected chi connectivity index (χ3v) is 2.84. The molecule has 1 amide bonds. The summed E-state index contributed by atoms with van der Waals surface area (Å²) in [4.78, 5) is 13.7. The molecule has 100 valence electrons.